The minimum absolute atomic E-state index is 0.00582. The molecule has 0 fully saturated rings. The average molecular weight is 693 g/mol. The molecule has 0 heterocycles. The van der Waals surface area contributed by atoms with E-state index in [-0.39, 0.29) is 39.1 Å². The summed E-state index contributed by atoms with van der Waals surface area (Å²) in [6.07, 6.45) is -1.16. The van der Waals surface area contributed by atoms with Crippen molar-refractivity contribution in [1.29, 1.82) is 0 Å². The molecule has 5 N–H and O–H groups in total. The molecular formula is C32H44N4O11S. The molecule has 2 rings (SSSR count). The number of hydrogen-bond acceptors (Lipinski definition) is 10. The first-order valence-corrected chi connectivity index (χ1v) is 16.9. The summed E-state index contributed by atoms with van der Waals surface area (Å²) in [5.74, 6) is -3.71. The van der Waals surface area contributed by atoms with E-state index >= 15 is 0 Å². The number of amides is 4. The molecule has 2 unspecified atom stereocenters. The Labute approximate surface area is 280 Å². The molecule has 0 aliphatic heterocycles. The van der Waals surface area contributed by atoms with Gasteiger partial charge in [-0.15, -0.1) is 0 Å². The quantitative estimate of drug-likeness (QED) is 0.0662. The van der Waals surface area contributed by atoms with Gasteiger partial charge in [0.2, 0.25) is 11.8 Å². The zero-order chi connectivity index (χ0) is 35.6. The molecule has 15 nitrogen and oxygen atoms in total. The molecule has 0 aliphatic carbocycles. The number of alkyl carbamates (subject to hydrolysis) is 2. The highest BCUT2D eigenvalue weighted by atomic mass is 32.2. The van der Waals surface area contributed by atoms with Crippen LogP contribution in [0.4, 0.5) is 9.59 Å². The van der Waals surface area contributed by atoms with E-state index < -0.39 is 63.5 Å². The fourth-order valence-corrected chi connectivity index (χ4v) is 4.74. The molecule has 2 aromatic rings. The van der Waals surface area contributed by atoms with Gasteiger partial charge in [-0.2, -0.15) is 8.42 Å². The number of nitrogens with one attached hydrogen (secondary N) is 4. The van der Waals surface area contributed by atoms with Gasteiger partial charge in [-0.25, -0.2) is 9.59 Å². The van der Waals surface area contributed by atoms with E-state index in [1.54, 1.807) is 51.1 Å². The summed E-state index contributed by atoms with van der Waals surface area (Å²) in [6.45, 7) is 4.94. The zero-order valence-corrected chi connectivity index (χ0v) is 28.0. The largest absolute Gasteiger partial charge is 0.460 e. The van der Waals surface area contributed by atoms with Gasteiger partial charge in [0.25, 0.3) is 10.1 Å². The van der Waals surface area contributed by atoms with Crippen molar-refractivity contribution in [2.24, 2.45) is 0 Å². The van der Waals surface area contributed by atoms with E-state index in [1.165, 1.54) is 0 Å². The highest BCUT2D eigenvalue weighted by molar-refractivity contribution is 7.85. The van der Waals surface area contributed by atoms with Crippen LogP contribution in [0.2, 0.25) is 0 Å². The van der Waals surface area contributed by atoms with Crippen LogP contribution in [0.15, 0.2) is 60.7 Å². The Morgan fingerprint density at radius 1 is 0.729 bits per heavy atom. The van der Waals surface area contributed by atoms with Gasteiger partial charge in [-0.3, -0.25) is 18.9 Å². The Kier molecular flexibility index (Phi) is 16.3. The molecule has 0 aromatic heterocycles. The van der Waals surface area contributed by atoms with Crippen LogP contribution >= 0.6 is 0 Å². The van der Waals surface area contributed by atoms with Crippen molar-refractivity contribution < 1.29 is 51.2 Å². The van der Waals surface area contributed by atoms with Gasteiger partial charge in [-0.05, 0) is 51.2 Å². The van der Waals surface area contributed by atoms with Crippen molar-refractivity contribution in [3.63, 3.8) is 0 Å². The maximum Gasteiger partial charge on any atom is 0.408 e. The number of hydrogen-bond donors (Lipinski definition) is 5. The number of carbonyl (C=O) groups is 5. The van der Waals surface area contributed by atoms with E-state index in [9.17, 15) is 36.9 Å². The molecule has 264 valence electrons. The Bertz CT molecular complexity index is 1450. The van der Waals surface area contributed by atoms with Crippen LogP contribution in [0.3, 0.4) is 0 Å². The molecule has 2 aromatic carbocycles. The first-order valence-electron chi connectivity index (χ1n) is 15.3. The third-order valence-corrected chi connectivity index (χ3v) is 7.04. The van der Waals surface area contributed by atoms with Gasteiger partial charge in [-0.1, -0.05) is 60.7 Å². The minimum atomic E-state index is -4.75. The van der Waals surface area contributed by atoms with Crippen LogP contribution in [0.1, 0.15) is 57.6 Å². The topological polar surface area (TPSA) is 216 Å². The van der Waals surface area contributed by atoms with Crippen molar-refractivity contribution in [3.05, 3.63) is 71.8 Å². The highest BCUT2D eigenvalue weighted by Gasteiger charge is 2.30. The molecule has 16 heteroatoms. The normalized spacial score (nSPS) is 12.5. The smallest absolute Gasteiger partial charge is 0.408 e. The molecule has 0 spiro atoms. The van der Waals surface area contributed by atoms with Gasteiger partial charge < -0.3 is 35.5 Å². The van der Waals surface area contributed by atoms with Crippen LogP contribution < -0.4 is 21.3 Å². The van der Waals surface area contributed by atoms with Gasteiger partial charge in [0.1, 0.15) is 36.7 Å². The standard InChI is InChI=1S/C32H44N4O11S/c1-32(2,3)47-27(37)17-19-33-28(38)26(22-48(42,43)44)35-29(39)25(36-31(41)46-21-24-14-8-5-9-15-24)16-10-11-18-34-30(40)45-20-23-12-6-4-7-13-23/h4-9,12-15,25-26H,10-11,16-22H2,1-3H3,(H,33,38)(H,34,40)(H,35,39)(H,36,41)(H,42,43,44). The van der Waals surface area contributed by atoms with Crippen LogP contribution in [0, 0.1) is 0 Å². The fraction of sp³-hybridized carbons (Fsp3) is 0.469. The maximum atomic E-state index is 13.3. The highest BCUT2D eigenvalue weighted by Crippen LogP contribution is 2.09. The summed E-state index contributed by atoms with van der Waals surface area (Å²) in [6, 6.07) is 14.8. The van der Waals surface area contributed by atoms with E-state index in [2.05, 4.69) is 21.3 Å². The number of esters is 1. The monoisotopic (exact) mass is 692 g/mol. The van der Waals surface area contributed by atoms with Gasteiger partial charge in [0.05, 0.1) is 6.42 Å². The van der Waals surface area contributed by atoms with Crippen LogP contribution in [0.25, 0.3) is 0 Å². The van der Waals surface area contributed by atoms with E-state index in [0.29, 0.717) is 18.4 Å². The molecule has 0 bridgehead atoms. The Morgan fingerprint density at radius 2 is 1.29 bits per heavy atom. The van der Waals surface area contributed by atoms with Crippen LogP contribution in [-0.2, 0) is 51.9 Å². The van der Waals surface area contributed by atoms with Crippen molar-refractivity contribution >= 4 is 40.1 Å². The lowest BCUT2D eigenvalue weighted by molar-refractivity contribution is -0.154. The third kappa shape index (κ3) is 17.9. The van der Waals surface area contributed by atoms with Gasteiger partial charge in [0, 0.05) is 13.1 Å². The van der Waals surface area contributed by atoms with Gasteiger partial charge >= 0.3 is 18.2 Å². The van der Waals surface area contributed by atoms with E-state index in [0.717, 1.165) is 5.56 Å². The van der Waals surface area contributed by atoms with Crippen molar-refractivity contribution in [3.8, 4) is 0 Å². The van der Waals surface area contributed by atoms with Crippen LogP contribution in [0.5, 0.6) is 0 Å². The van der Waals surface area contributed by atoms with E-state index in [4.69, 9.17) is 14.2 Å². The number of rotatable bonds is 18. The Hall–Kier alpha value is -4.70. The summed E-state index contributed by atoms with van der Waals surface area (Å²) >= 11 is 0. The van der Waals surface area contributed by atoms with Gasteiger partial charge in [0.15, 0.2) is 0 Å². The molecule has 0 saturated carbocycles. The minimum Gasteiger partial charge on any atom is -0.460 e. The predicted molar refractivity (Wildman–Crippen MR) is 174 cm³/mol. The second-order valence-electron chi connectivity index (χ2n) is 11.7. The molecule has 4 amide bonds. The Balaban J connectivity index is 1.99. The third-order valence-electron chi connectivity index (χ3n) is 6.28. The number of unbranched alkanes of at least 4 members (excludes halogenated alkanes) is 1. The lowest BCUT2D eigenvalue weighted by Crippen LogP contribution is -2.56. The van der Waals surface area contributed by atoms with Crippen molar-refractivity contribution in [2.45, 2.75) is 77.4 Å². The first-order chi connectivity index (χ1) is 22.6. The summed E-state index contributed by atoms with van der Waals surface area (Å²) in [5.41, 5.74) is 0.750. The summed E-state index contributed by atoms with van der Waals surface area (Å²) in [5, 5.41) is 9.61. The summed E-state index contributed by atoms with van der Waals surface area (Å²) < 4.78 is 48.3. The Morgan fingerprint density at radius 3 is 1.83 bits per heavy atom. The average Bonchev–Trinajstić information content (AvgIpc) is 3.01. The lowest BCUT2D eigenvalue weighted by Gasteiger charge is -2.23. The SMILES string of the molecule is CC(C)(C)OC(=O)CCNC(=O)C(CS(=O)(=O)O)NC(=O)C(CCCCNC(=O)OCc1ccccc1)NC(=O)OCc1ccccc1. The number of benzene rings is 2. The first kappa shape index (κ1) is 39.5. The van der Waals surface area contributed by atoms with Crippen molar-refractivity contribution in [1.82, 2.24) is 21.3 Å². The maximum absolute atomic E-state index is 13.3. The molecule has 0 saturated heterocycles. The summed E-state index contributed by atoms with van der Waals surface area (Å²) in [7, 11) is -4.75. The lowest BCUT2D eigenvalue weighted by atomic mass is 10.1. The van der Waals surface area contributed by atoms with Crippen LogP contribution in [-0.4, -0.2) is 79.5 Å². The summed E-state index contributed by atoms with van der Waals surface area (Å²) in [4.78, 5) is 62.7. The fourth-order valence-electron chi connectivity index (χ4n) is 4.08. The molecule has 0 radical (unpaired) electrons. The molecule has 2 atom stereocenters. The molecular weight excluding hydrogens is 648 g/mol. The number of carbonyl (C=O) groups excluding carboxylic acids is 5. The van der Waals surface area contributed by atoms with Crippen molar-refractivity contribution in [2.75, 3.05) is 18.8 Å². The van der Waals surface area contributed by atoms with E-state index in [1.807, 2.05) is 30.3 Å². The number of ether oxygens (including phenoxy) is 3. The predicted octanol–water partition coefficient (Wildman–Crippen LogP) is 2.60. The second kappa shape index (κ2) is 19.8. The zero-order valence-electron chi connectivity index (χ0n) is 27.2. The molecule has 48 heavy (non-hydrogen) atoms. The second-order valence-corrected chi connectivity index (χ2v) is 13.2. The molecule has 0 aliphatic rings.